The van der Waals surface area contributed by atoms with Gasteiger partial charge in [0.2, 0.25) is 0 Å². The minimum absolute atomic E-state index is 0.156. The molecule has 22 heavy (non-hydrogen) atoms. The summed E-state index contributed by atoms with van der Waals surface area (Å²) in [6, 6.07) is 3.99. The van der Waals surface area contributed by atoms with Gasteiger partial charge < -0.3 is 9.84 Å². The Morgan fingerprint density at radius 3 is 2.68 bits per heavy atom. The van der Waals surface area contributed by atoms with E-state index in [0.29, 0.717) is 0 Å². The second kappa shape index (κ2) is 6.98. The van der Waals surface area contributed by atoms with Crippen molar-refractivity contribution in [1.82, 2.24) is 4.58 Å². The van der Waals surface area contributed by atoms with Crippen molar-refractivity contribution in [3.05, 3.63) is 30.1 Å². The second-order valence-corrected chi connectivity index (χ2v) is 8.80. The largest absolute Gasteiger partial charge is 0.871 e. The van der Waals surface area contributed by atoms with Crippen LogP contribution in [0, 0.1) is 10.5 Å². The van der Waals surface area contributed by atoms with Crippen molar-refractivity contribution in [3.63, 3.8) is 0 Å². The van der Waals surface area contributed by atoms with E-state index in [1.54, 1.807) is 11.3 Å². The minimum atomic E-state index is 0.156. The van der Waals surface area contributed by atoms with Crippen LogP contribution in [-0.4, -0.2) is 26.3 Å². The second-order valence-electron chi connectivity index (χ2n) is 5.30. The molecule has 6 heteroatoms. The summed E-state index contributed by atoms with van der Waals surface area (Å²) in [5, 5.41) is 12.5. The minimum Gasteiger partial charge on any atom is -0.871 e. The van der Waals surface area contributed by atoms with Crippen LogP contribution < -0.4 is 13.7 Å². The fraction of sp³-hybridized carbons (Fsp3) is 0.438. The van der Waals surface area contributed by atoms with Crippen LogP contribution >= 0.6 is 45.3 Å². The molecule has 0 unspecified atom stereocenters. The van der Waals surface area contributed by atoms with Gasteiger partial charge in [-0.2, -0.15) is 0 Å². The third-order valence-electron chi connectivity index (χ3n) is 3.68. The van der Waals surface area contributed by atoms with Crippen LogP contribution in [0.15, 0.2) is 12.1 Å². The molecular formula is C16H18INO2S2. The summed E-state index contributed by atoms with van der Waals surface area (Å²) in [7, 11) is 0. The normalized spacial score (nSPS) is 15.3. The van der Waals surface area contributed by atoms with Gasteiger partial charge in [0, 0.05) is 8.45 Å². The van der Waals surface area contributed by atoms with E-state index in [-0.39, 0.29) is 5.75 Å². The molecule has 1 saturated heterocycles. The van der Waals surface area contributed by atoms with Crippen LogP contribution in [0.25, 0.3) is 10.4 Å². The summed E-state index contributed by atoms with van der Waals surface area (Å²) >= 11 is 5.73. The summed E-state index contributed by atoms with van der Waals surface area (Å²) in [6.07, 6.45) is 0.963. The molecule has 2 aromatic rings. The number of rotatable bonds is 2. The number of aryl methyl sites for hydroxylation is 2. The van der Waals surface area contributed by atoms with Gasteiger partial charge in [-0.05, 0) is 53.1 Å². The van der Waals surface area contributed by atoms with Crippen LogP contribution in [0.4, 0.5) is 0 Å². The predicted octanol–water partition coefficient (Wildman–Crippen LogP) is 2.83. The van der Waals surface area contributed by atoms with E-state index in [4.69, 9.17) is 4.74 Å². The maximum absolute atomic E-state index is 12.5. The fourth-order valence-electron chi connectivity index (χ4n) is 2.53. The van der Waals surface area contributed by atoms with Crippen LogP contribution in [0.3, 0.4) is 0 Å². The molecule has 0 spiro atoms. The number of hydrogen-bond donors (Lipinski definition) is 0. The standard InChI is InChI=1S/C16H18INO2S2/c1-3-13-15(11-8-10(2)9-12(17)14(11)19)22-16(21-13)18-4-6-20-7-5-18/h8-9H,3-7H2,1-2H3. The lowest BCUT2D eigenvalue weighted by atomic mass is 10.1. The molecule has 118 valence electrons. The highest BCUT2D eigenvalue weighted by Crippen LogP contribution is 2.37. The first-order chi connectivity index (χ1) is 10.6. The molecule has 0 amide bonds. The van der Waals surface area contributed by atoms with Crippen molar-refractivity contribution in [2.45, 2.75) is 20.3 Å². The highest BCUT2D eigenvalue weighted by Gasteiger charge is 2.18. The maximum atomic E-state index is 12.5. The van der Waals surface area contributed by atoms with Gasteiger partial charge in [0.25, 0.3) is 0 Å². The van der Waals surface area contributed by atoms with E-state index in [9.17, 15) is 5.11 Å². The summed E-state index contributed by atoms with van der Waals surface area (Å²) < 4.78 is 9.92. The summed E-state index contributed by atoms with van der Waals surface area (Å²) in [6.45, 7) is 7.67. The Morgan fingerprint density at radius 2 is 2.00 bits per heavy atom. The molecule has 0 saturated carbocycles. The Labute approximate surface area is 152 Å². The van der Waals surface area contributed by atoms with Crippen LogP contribution in [-0.2, 0) is 11.2 Å². The molecule has 1 aromatic carbocycles. The monoisotopic (exact) mass is 447 g/mol. The van der Waals surface area contributed by atoms with Crippen molar-refractivity contribution >= 4 is 45.3 Å². The van der Waals surface area contributed by atoms with E-state index in [1.165, 1.54) is 8.86 Å². The lowest BCUT2D eigenvalue weighted by molar-refractivity contribution is -0.268. The van der Waals surface area contributed by atoms with E-state index in [1.807, 2.05) is 23.5 Å². The van der Waals surface area contributed by atoms with Crippen LogP contribution in [0.1, 0.15) is 17.4 Å². The first kappa shape index (κ1) is 16.4. The van der Waals surface area contributed by atoms with Gasteiger partial charge in [-0.3, -0.25) is 0 Å². The van der Waals surface area contributed by atoms with Gasteiger partial charge in [0.05, 0.1) is 4.88 Å². The van der Waals surface area contributed by atoms with E-state index in [0.717, 1.165) is 52.3 Å². The summed E-state index contributed by atoms with van der Waals surface area (Å²) in [5.74, 6) is 0.156. The van der Waals surface area contributed by atoms with E-state index in [2.05, 4.69) is 41.0 Å². The molecule has 0 N–H and O–H groups in total. The first-order valence-corrected chi connectivity index (χ1v) is 10.1. The first-order valence-electron chi connectivity index (χ1n) is 7.36. The fourth-order valence-corrected chi connectivity index (χ4v) is 6.15. The number of benzene rings is 1. The van der Waals surface area contributed by atoms with Crippen molar-refractivity contribution in [1.29, 1.82) is 0 Å². The molecule has 1 fully saturated rings. The number of morpholine rings is 1. The third-order valence-corrected chi connectivity index (χ3v) is 7.38. The molecule has 3 rings (SSSR count). The molecule has 0 radical (unpaired) electrons. The van der Waals surface area contributed by atoms with E-state index < -0.39 is 0 Å². The molecule has 3 nitrogen and oxygen atoms in total. The maximum Gasteiger partial charge on any atom is 0.314 e. The van der Waals surface area contributed by atoms with Gasteiger partial charge >= 0.3 is 3.98 Å². The smallest absolute Gasteiger partial charge is 0.314 e. The molecule has 1 aliphatic rings. The number of hydrogen-bond acceptors (Lipinski definition) is 4. The van der Waals surface area contributed by atoms with Crippen molar-refractivity contribution < 1.29 is 9.84 Å². The highest BCUT2D eigenvalue weighted by atomic mass is 127. The van der Waals surface area contributed by atoms with Crippen molar-refractivity contribution in [3.8, 4) is 16.2 Å². The Bertz CT molecular complexity index is 756. The average molecular weight is 447 g/mol. The Balaban J connectivity index is 2.17. The zero-order valence-electron chi connectivity index (χ0n) is 12.6. The zero-order valence-corrected chi connectivity index (χ0v) is 16.4. The Hall–Kier alpha value is -0.440. The lowest BCUT2D eigenvalue weighted by Crippen LogP contribution is -2.37. The molecular weight excluding hydrogens is 429 g/mol. The summed E-state index contributed by atoms with van der Waals surface area (Å²) in [4.78, 5) is 2.46. The topological polar surface area (TPSA) is 35.3 Å². The summed E-state index contributed by atoms with van der Waals surface area (Å²) in [5.41, 5.74) is 2.01. The van der Waals surface area contributed by atoms with Gasteiger partial charge in [0.1, 0.15) is 13.2 Å². The van der Waals surface area contributed by atoms with Gasteiger partial charge in [-0.25, -0.2) is 4.58 Å². The molecule has 1 aromatic heterocycles. The predicted molar refractivity (Wildman–Crippen MR) is 99.7 cm³/mol. The SMILES string of the molecule is CCc1sc(=[N+]2CCOCC2)sc1-c1cc(C)cc(I)c1[O-]. The molecule has 0 bridgehead atoms. The number of halogens is 1. The highest BCUT2D eigenvalue weighted by molar-refractivity contribution is 14.1. The Kier molecular flexibility index (Phi) is 5.21. The van der Waals surface area contributed by atoms with Gasteiger partial charge in [-0.15, -0.1) is 0 Å². The Morgan fingerprint density at radius 1 is 1.27 bits per heavy atom. The molecule has 0 atom stereocenters. The molecule has 0 aliphatic carbocycles. The quantitative estimate of drug-likeness (QED) is 0.525. The third kappa shape index (κ3) is 3.25. The molecule has 1 aliphatic heterocycles. The average Bonchev–Trinajstić information content (AvgIpc) is 2.96. The van der Waals surface area contributed by atoms with Gasteiger partial charge in [-0.1, -0.05) is 41.4 Å². The van der Waals surface area contributed by atoms with Crippen LogP contribution in [0.2, 0.25) is 0 Å². The van der Waals surface area contributed by atoms with Crippen molar-refractivity contribution in [2.75, 3.05) is 26.3 Å². The molecule has 2 heterocycles. The van der Waals surface area contributed by atoms with Crippen molar-refractivity contribution in [2.24, 2.45) is 0 Å². The van der Waals surface area contributed by atoms with E-state index >= 15 is 0 Å². The van der Waals surface area contributed by atoms with Gasteiger partial charge in [0.15, 0.2) is 13.1 Å². The van der Waals surface area contributed by atoms with Crippen LogP contribution in [0.5, 0.6) is 5.75 Å². The lowest BCUT2D eigenvalue weighted by Gasteiger charge is -2.16. The zero-order chi connectivity index (χ0) is 15.7. The number of nitrogens with zero attached hydrogens (tertiary/aromatic N) is 1. The number of ether oxygens (including phenoxy) is 1.